The molecule has 0 spiro atoms. The Balaban J connectivity index is 0.000000475. The highest BCUT2D eigenvalue weighted by Gasteiger charge is 2.12. The first kappa shape index (κ1) is 29.2. The molecule has 33 heavy (non-hydrogen) atoms. The Hall–Kier alpha value is -3.77. The normalized spacial score (nSPS) is 11.7. The van der Waals surface area contributed by atoms with E-state index in [9.17, 15) is 19.2 Å². The summed E-state index contributed by atoms with van der Waals surface area (Å²) in [6, 6.07) is 6.92. The van der Waals surface area contributed by atoms with Crippen molar-refractivity contribution < 1.29 is 34.5 Å². The number of rotatable bonds is 9. The molecule has 2 atom stereocenters. The Bertz CT molecular complexity index is 857. The van der Waals surface area contributed by atoms with Gasteiger partial charge in [0.2, 0.25) is 0 Å². The number of hydrogen-bond acceptors (Lipinski definition) is 7. The predicted molar refractivity (Wildman–Crippen MR) is 119 cm³/mol. The van der Waals surface area contributed by atoms with E-state index in [0.29, 0.717) is 17.9 Å². The van der Waals surface area contributed by atoms with Crippen molar-refractivity contribution in [1.82, 2.24) is 15.3 Å². The summed E-state index contributed by atoms with van der Waals surface area (Å²) >= 11 is 0. The topological polar surface area (TPSA) is 222 Å². The molecule has 0 aliphatic rings. The Morgan fingerprint density at radius 2 is 1.58 bits per heavy atom. The van der Waals surface area contributed by atoms with Crippen LogP contribution < -0.4 is 16.8 Å². The minimum absolute atomic E-state index is 0.287. The van der Waals surface area contributed by atoms with Gasteiger partial charge >= 0.3 is 17.9 Å². The van der Waals surface area contributed by atoms with Crippen LogP contribution in [0.25, 0.3) is 0 Å². The van der Waals surface area contributed by atoms with E-state index in [-0.39, 0.29) is 18.9 Å². The molecule has 0 aliphatic heterocycles. The molecule has 0 fully saturated rings. The molecule has 2 rings (SSSR count). The van der Waals surface area contributed by atoms with Crippen molar-refractivity contribution in [3.8, 4) is 0 Å². The van der Waals surface area contributed by atoms with Crippen molar-refractivity contribution in [3.63, 3.8) is 0 Å². The number of aliphatic carboxylic acids is 3. The molecule has 0 unspecified atom stereocenters. The van der Waals surface area contributed by atoms with Gasteiger partial charge < -0.3 is 37.1 Å². The van der Waals surface area contributed by atoms with Gasteiger partial charge in [0.15, 0.2) is 0 Å². The van der Waals surface area contributed by atoms with Crippen molar-refractivity contribution in [2.75, 3.05) is 6.54 Å². The maximum atomic E-state index is 11.2. The van der Waals surface area contributed by atoms with E-state index in [1.54, 1.807) is 36.5 Å². The molecule has 9 N–H and O–H groups in total. The van der Waals surface area contributed by atoms with Crippen LogP contribution in [0.5, 0.6) is 0 Å². The summed E-state index contributed by atoms with van der Waals surface area (Å²) in [4.78, 5) is 48.2. The summed E-state index contributed by atoms with van der Waals surface area (Å²) in [7, 11) is 0. The third-order valence-electron chi connectivity index (χ3n) is 3.79. The minimum atomic E-state index is -1.05. The SMILES string of the molecule is CC(C)C[C@H](N)C(=O)O.N[C@@H](Cc1cnc[nH]1)C(=O)O.O=C(O)CNC(=O)c1ccccc1. The fraction of sp³-hybridized carbons (Fsp3) is 0.381. The highest BCUT2D eigenvalue weighted by atomic mass is 16.4. The molecule has 0 aliphatic carbocycles. The van der Waals surface area contributed by atoms with E-state index in [4.69, 9.17) is 26.8 Å². The number of carboxylic acid groups (broad SMARTS) is 3. The van der Waals surface area contributed by atoms with Gasteiger partial charge in [0.05, 0.1) is 6.33 Å². The van der Waals surface area contributed by atoms with Gasteiger partial charge in [0, 0.05) is 23.9 Å². The number of imidazole rings is 1. The van der Waals surface area contributed by atoms with E-state index >= 15 is 0 Å². The van der Waals surface area contributed by atoms with Crippen LogP contribution in [0, 0.1) is 5.92 Å². The van der Waals surface area contributed by atoms with Crippen LogP contribution in [0.3, 0.4) is 0 Å². The Kier molecular flexibility index (Phi) is 14.1. The van der Waals surface area contributed by atoms with Crippen molar-refractivity contribution in [2.24, 2.45) is 17.4 Å². The first-order valence-corrected chi connectivity index (χ1v) is 9.93. The largest absolute Gasteiger partial charge is 0.480 e. The monoisotopic (exact) mass is 465 g/mol. The van der Waals surface area contributed by atoms with Crippen LogP contribution in [0.15, 0.2) is 42.9 Å². The number of carboxylic acids is 3. The van der Waals surface area contributed by atoms with Crippen LogP contribution in [0.4, 0.5) is 0 Å². The predicted octanol–water partition coefficient (Wildman–Crippen LogP) is 0.310. The lowest BCUT2D eigenvalue weighted by atomic mass is 10.1. The highest BCUT2D eigenvalue weighted by molar-refractivity contribution is 5.95. The van der Waals surface area contributed by atoms with Crippen molar-refractivity contribution in [1.29, 1.82) is 0 Å². The number of amides is 1. The van der Waals surface area contributed by atoms with Crippen LogP contribution in [0.1, 0.15) is 36.3 Å². The lowest BCUT2D eigenvalue weighted by Gasteiger charge is -2.07. The van der Waals surface area contributed by atoms with Crippen LogP contribution in [-0.2, 0) is 20.8 Å². The molecule has 0 radical (unpaired) electrons. The molecule has 0 saturated carbocycles. The number of aromatic amines is 1. The second-order valence-electron chi connectivity index (χ2n) is 7.24. The Morgan fingerprint density at radius 1 is 1.00 bits per heavy atom. The number of carbonyl (C=O) groups excluding carboxylic acids is 1. The second-order valence-corrected chi connectivity index (χ2v) is 7.24. The standard InChI is InChI=1S/C9H9NO3.C6H9N3O2.C6H13NO2/c11-8(12)6-10-9(13)7-4-2-1-3-5-7;7-5(6(10)11)1-4-2-8-3-9-4;1-4(2)3-5(7)6(8)9/h1-5H,6H2,(H,10,13)(H,11,12);2-3,5H,1,7H2,(H,8,9)(H,10,11);4-5H,3,7H2,1-2H3,(H,8,9)/t;2*5-/m.00/s1. The molecular formula is C21H31N5O7. The first-order chi connectivity index (χ1) is 15.4. The summed E-state index contributed by atoms with van der Waals surface area (Å²) in [6.07, 6.45) is 3.89. The fourth-order valence-corrected chi connectivity index (χ4v) is 2.18. The molecule has 1 amide bonds. The molecule has 12 nitrogen and oxygen atoms in total. The van der Waals surface area contributed by atoms with Gasteiger partial charge in [0.25, 0.3) is 5.91 Å². The number of H-pyrrole nitrogens is 1. The van der Waals surface area contributed by atoms with Gasteiger partial charge in [-0.1, -0.05) is 32.0 Å². The van der Waals surface area contributed by atoms with Crippen molar-refractivity contribution in [3.05, 3.63) is 54.1 Å². The van der Waals surface area contributed by atoms with E-state index in [1.807, 2.05) is 13.8 Å². The van der Waals surface area contributed by atoms with Gasteiger partial charge in [0.1, 0.15) is 18.6 Å². The highest BCUT2D eigenvalue weighted by Crippen LogP contribution is 2.01. The number of hydrogen-bond donors (Lipinski definition) is 7. The Labute approximate surface area is 191 Å². The van der Waals surface area contributed by atoms with Gasteiger partial charge in [-0.25, -0.2) is 4.98 Å². The fourth-order valence-electron chi connectivity index (χ4n) is 2.18. The minimum Gasteiger partial charge on any atom is -0.480 e. The van der Waals surface area contributed by atoms with E-state index < -0.39 is 30.0 Å². The van der Waals surface area contributed by atoms with Gasteiger partial charge in [-0.3, -0.25) is 19.2 Å². The second kappa shape index (κ2) is 15.9. The van der Waals surface area contributed by atoms with E-state index in [0.717, 1.165) is 5.69 Å². The van der Waals surface area contributed by atoms with Gasteiger partial charge in [-0.15, -0.1) is 0 Å². The number of nitrogens with one attached hydrogen (secondary N) is 2. The van der Waals surface area contributed by atoms with Gasteiger partial charge in [-0.05, 0) is 24.5 Å². The molecule has 1 aromatic carbocycles. The quantitative estimate of drug-likeness (QED) is 0.268. The van der Waals surface area contributed by atoms with Crippen LogP contribution >= 0.6 is 0 Å². The summed E-state index contributed by atoms with van der Waals surface area (Å²) in [5.74, 6) is -2.98. The number of benzene rings is 1. The summed E-state index contributed by atoms with van der Waals surface area (Å²) < 4.78 is 0. The van der Waals surface area contributed by atoms with Crippen molar-refractivity contribution in [2.45, 2.75) is 38.8 Å². The number of carbonyl (C=O) groups is 4. The van der Waals surface area contributed by atoms with E-state index in [1.165, 1.54) is 6.33 Å². The lowest BCUT2D eigenvalue weighted by Crippen LogP contribution is -2.32. The van der Waals surface area contributed by atoms with Crippen molar-refractivity contribution >= 4 is 23.8 Å². The average molecular weight is 466 g/mol. The molecule has 1 heterocycles. The van der Waals surface area contributed by atoms with E-state index in [2.05, 4.69) is 15.3 Å². The lowest BCUT2D eigenvalue weighted by molar-refractivity contribution is -0.139. The molecule has 12 heteroatoms. The molecule has 2 aromatic rings. The maximum absolute atomic E-state index is 11.2. The molecule has 0 bridgehead atoms. The van der Waals surface area contributed by atoms with Crippen LogP contribution in [0.2, 0.25) is 0 Å². The number of nitrogens with zero attached hydrogens (tertiary/aromatic N) is 1. The molecule has 0 saturated heterocycles. The first-order valence-electron chi connectivity index (χ1n) is 9.93. The smallest absolute Gasteiger partial charge is 0.322 e. The zero-order chi connectivity index (χ0) is 25.4. The molecular weight excluding hydrogens is 434 g/mol. The summed E-state index contributed by atoms with van der Waals surface area (Å²) in [5.41, 5.74) is 11.7. The summed E-state index contributed by atoms with van der Waals surface area (Å²) in [6.45, 7) is 3.54. The maximum Gasteiger partial charge on any atom is 0.322 e. The number of aromatic nitrogens is 2. The average Bonchev–Trinajstić information content (AvgIpc) is 3.26. The van der Waals surface area contributed by atoms with Crippen LogP contribution in [-0.4, -0.2) is 67.7 Å². The molecule has 182 valence electrons. The number of nitrogens with two attached hydrogens (primary N) is 2. The third-order valence-corrected chi connectivity index (χ3v) is 3.79. The summed E-state index contributed by atoms with van der Waals surface area (Å²) in [5, 5.41) is 27.3. The Morgan fingerprint density at radius 3 is 1.97 bits per heavy atom. The third kappa shape index (κ3) is 14.8. The molecule has 1 aromatic heterocycles. The zero-order valence-electron chi connectivity index (χ0n) is 18.5. The zero-order valence-corrected chi connectivity index (χ0v) is 18.5. The van der Waals surface area contributed by atoms with Gasteiger partial charge in [-0.2, -0.15) is 0 Å².